The topological polar surface area (TPSA) is 46.1 Å². The number of carbonyl (C=O) groups is 1. The molecule has 1 fully saturated rings. The zero-order valence-electron chi connectivity index (χ0n) is 8.97. The van der Waals surface area contributed by atoms with E-state index in [1.165, 1.54) is 0 Å². The van der Waals surface area contributed by atoms with Gasteiger partial charge >= 0.3 is 0 Å². The summed E-state index contributed by atoms with van der Waals surface area (Å²) in [7, 11) is 0. The molecule has 1 unspecified atom stereocenters. The smallest absolute Gasteiger partial charge is 0.222 e. The summed E-state index contributed by atoms with van der Waals surface area (Å²) in [5.41, 5.74) is 0.921. The van der Waals surface area contributed by atoms with Gasteiger partial charge in [0.25, 0.3) is 0 Å². The SMILES string of the molecule is O=C1CC(CCl)CN1CCc1cnccn1. The quantitative estimate of drug-likeness (QED) is 0.740. The summed E-state index contributed by atoms with van der Waals surface area (Å²) in [4.78, 5) is 21.6. The van der Waals surface area contributed by atoms with Gasteiger partial charge in [-0.25, -0.2) is 0 Å². The predicted molar refractivity (Wildman–Crippen MR) is 61.1 cm³/mol. The average molecular weight is 240 g/mol. The number of halogens is 1. The maximum Gasteiger partial charge on any atom is 0.222 e. The largest absolute Gasteiger partial charge is 0.342 e. The molecule has 2 rings (SSSR count). The highest BCUT2D eigenvalue weighted by Gasteiger charge is 2.28. The van der Waals surface area contributed by atoms with Crippen molar-refractivity contribution in [1.82, 2.24) is 14.9 Å². The van der Waals surface area contributed by atoms with E-state index >= 15 is 0 Å². The van der Waals surface area contributed by atoms with Crippen molar-refractivity contribution in [3.8, 4) is 0 Å². The van der Waals surface area contributed by atoms with Gasteiger partial charge in [0.1, 0.15) is 0 Å². The van der Waals surface area contributed by atoms with Crippen molar-refractivity contribution >= 4 is 17.5 Å². The minimum Gasteiger partial charge on any atom is -0.342 e. The van der Waals surface area contributed by atoms with Crippen LogP contribution in [-0.4, -0.2) is 39.7 Å². The van der Waals surface area contributed by atoms with E-state index in [1.54, 1.807) is 18.6 Å². The molecule has 1 aromatic rings. The molecule has 0 radical (unpaired) electrons. The molecule has 0 bridgehead atoms. The van der Waals surface area contributed by atoms with Crippen LogP contribution in [0.3, 0.4) is 0 Å². The molecule has 16 heavy (non-hydrogen) atoms. The van der Waals surface area contributed by atoms with Gasteiger partial charge in [-0.3, -0.25) is 14.8 Å². The number of alkyl halides is 1. The van der Waals surface area contributed by atoms with Gasteiger partial charge < -0.3 is 4.90 Å². The van der Waals surface area contributed by atoms with Crippen molar-refractivity contribution in [2.45, 2.75) is 12.8 Å². The second kappa shape index (κ2) is 5.25. The molecule has 86 valence electrons. The Kier molecular flexibility index (Phi) is 3.72. The van der Waals surface area contributed by atoms with Crippen molar-refractivity contribution in [3.05, 3.63) is 24.3 Å². The van der Waals surface area contributed by atoms with Crippen molar-refractivity contribution in [3.63, 3.8) is 0 Å². The highest BCUT2D eigenvalue weighted by Crippen LogP contribution is 2.18. The number of hydrogen-bond donors (Lipinski definition) is 0. The highest BCUT2D eigenvalue weighted by molar-refractivity contribution is 6.18. The normalized spacial score (nSPS) is 20.4. The lowest BCUT2D eigenvalue weighted by Crippen LogP contribution is -2.27. The number of hydrogen-bond acceptors (Lipinski definition) is 3. The Labute approximate surface area is 99.6 Å². The predicted octanol–water partition coefficient (Wildman–Crippen LogP) is 1.11. The molecule has 1 aliphatic rings. The Morgan fingerprint density at radius 1 is 1.50 bits per heavy atom. The zero-order chi connectivity index (χ0) is 11.4. The fraction of sp³-hybridized carbons (Fsp3) is 0.545. The van der Waals surface area contributed by atoms with Gasteiger partial charge in [0.05, 0.1) is 5.69 Å². The molecule has 1 amide bonds. The molecule has 0 spiro atoms. The van der Waals surface area contributed by atoms with E-state index in [0.29, 0.717) is 24.8 Å². The summed E-state index contributed by atoms with van der Waals surface area (Å²) in [5, 5.41) is 0. The van der Waals surface area contributed by atoms with Gasteiger partial charge in [-0.1, -0.05) is 0 Å². The Morgan fingerprint density at radius 3 is 3.00 bits per heavy atom. The maximum absolute atomic E-state index is 11.6. The summed E-state index contributed by atoms with van der Waals surface area (Å²) >= 11 is 5.75. The standard InChI is InChI=1S/C11H14ClN3O/c12-6-9-5-11(16)15(8-9)4-1-10-7-13-2-3-14-10/h2-3,7,9H,1,4-6,8H2. The van der Waals surface area contributed by atoms with Crippen molar-refractivity contribution in [1.29, 1.82) is 0 Å². The molecule has 0 saturated carbocycles. The Hall–Kier alpha value is -1.16. The van der Waals surface area contributed by atoms with E-state index in [0.717, 1.165) is 18.7 Å². The van der Waals surface area contributed by atoms with Crippen LogP contribution in [0.2, 0.25) is 0 Å². The molecule has 2 heterocycles. The van der Waals surface area contributed by atoms with Gasteiger partial charge in [0, 0.05) is 50.4 Å². The van der Waals surface area contributed by atoms with Crippen LogP contribution in [0.1, 0.15) is 12.1 Å². The molecule has 5 heteroatoms. The van der Waals surface area contributed by atoms with Gasteiger partial charge in [-0.05, 0) is 5.92 Å². The third kappa shape index (κ3) is 2.70. The zero-order valence-corrected chi connectivity index (χ0v) is 9.73. The number of nitrogens with zero attached hydrogens (tertiary/aromatic N) is 3. The van der Waals surface area contributed by atoms with E-state index < -0.39 is 0 Å². The van der Waals surface area contributed by atoms with Crippen LogP contribution in [-0.2, 0) is 11.2 Å². The van der Waals surface area contributed by atoms with Gasteiger partial charge in [0.2, 0.25) is 5.91 Å². The van der Waals surface area contributed by atoms with Gasteiger partial charge in [-0.2, -0.15) is 0 Å². The minimum atomic E-state index is 0.203. The summed E-state index contributed by atoms with van der Waals surface area (Å²) in [6.07, 6.45) is 6.40. The van der Waals surface area contributed by atoms with E-state index in [9.17, 15) is 4.79 Å². The molecular weight excluding hydrogens is 226 g/mol. The van der Waals surface area contributed by atoms with Crippen LogP contribution in [0, 0.1) is 5.92 Å². The van der Waals surface area contributed by atoms with Gasteiger partial charge in [-0.15, -0.1) is 11.6 Å². The fourth-order valence-electron chi connectivity index (χ4n) is 1.88. The lowest BCUT2D eigenvalue weighted by atomic mass is 10.1. The van der Waals surface area contributed by atoms with E-state index in [-0.39, 0.29) is 5.91 Å². The van der Waals surface area contributed by atoms with Gasteiger partial charge in [0.15, 0.2) is 0 Å². The third-order valence-corrected chi connectivity index (χ3v) is 3.20. The Morgan fingerprint density at radius 2 is 2.38 bits per heavy atom. The molecule has 1 atom stereocenters. The number of carbonyl (C=O) groups excluding carboxylic acids is 1. The summed E-state index contributed by atoms with van der Waals surface area (Å²) in [6, 6.07) is 0. The molecule has 0 aromatic carbocycles. The minimum absolute atomic E-state index is 0.203. The lowest BCUT2D eigenvalue weighted by molar-refractivity contribution is -0.127. The number of aromatic nitrogens is 2. The van der Waals surface area contributed by atoms with Crippen molar-refractivity contribution < 1.29 is 4.79 Å². The molecule has 4 nitrogen and oxygen atoms in total. The van der Waals surface area contributed by atoms with E-state index in [4.69, 9.17) is 11.6 Å². The molecule has 0 N–H and O–H groups in total. The maximum atomic E-state index is 11.6. The van der Waals surface area contributed by atoms with E-state index in [2.05, 4.69) is 9.97 Å². The summed E-state index contributed by atoms with van der Waals surface area (Å²) in [6.45, 7) is 1.49. The van der Waals surface area contributed by atoms with E-state index in [1.807, 2.05) is 4.90 Å². The number of amides is 1. The Bertz CT molecular complexity index is 358. The first-order valence-corrected chi connectivity index (χ1v) is 5.91. The van der Waals surface area contributed by atoms with Crippen LogP contribution < -0.4 is 0 Å². The second-order valence-electron chi connectivity index (χ2n) is 4.01. The second-order valence-corrected chi connectivity index (χ2v) is 4.32. The van der Waals surface area contributed by atoms with Crippen molar-refractivity contribution in [2.75, 3.05) is 19.0 Å². The number of rotatable bonds is 4. The third-order valence-electron chi connectivity index (χ3n) is 2.77. The average Bonchev–Trinajstić information content (AvgIpc) is 2.69. The molecule has 1 aromatic heterocycles. The van der Waals surface area contributed by atoms with Crippen LogP contribution in [0.4, 0.5) is 0 Å². The first kappa shape index (κ1) is 11.3. The monoisotopic (exact) mass is 239 g/mol. The molecule has 0 aliphatic carbocycles. The lowest BCUT2D eigenvalue weighted by Gasteiger charge is -2.15. The van der Waals surface area contributed by atoms with Crippen LogP contribution in [0.15, 0.2) is 18.6 Å². The summed E-state index contributed by atoms with van der Waals surface area (Å²) < 4.78 is 0. The van der Waals surface area contributed by atoms with Crippen LogP contribution in [0.25, 0.3) is 0 Å². The van der Waals surface area contributed by atoms with Crippen molar-refractivity contribution in [2.24, 2.45) is 5.92 Å². The van der Waals surface area contributed by atoms with Crippen LogP contribution >= 0.6 is 11.6 Å². The molecule has 1 saturated heterocycles. The molecule has 1 aliphatic heterocycles. The van der Waals surface area contributed by atoms with Crippen LogP contribution in [0.5, 0.6) is 0 Å². The number of likely N-dealkylation sites (tertiary alicyclic amines) is 1. The summed E-state index contributed by atoms with van der Waals surface area (Å²) in [5.74, 6) is 1.08. The molecular formula is C11H14ClN3O. The first-order chi connectivity index (χ1) is 7.79. The Balaban J connectivity index is 1.85. The fourth-order valence-corrected chi connectivity index (χ4v) is 2.09. The highest BCUT2D eigenvalue weighted by atomic mass is 35.5. The first-order valence-electron chi connectivity index (χ1n) is 5.38.